The lowest BCUT2D eigenvalue weighted by atomic mass is 10.0. The number of hydrogen-bond donors (Lipinski definition) is 0. The molecule has 4 heteroatoms. The molecule has 0 aliphatic carbocycles. The van der Waals surface area contributed by atoms with Crippen LogP contribution < -0.4 is 9.47 Å². The van der Waals surface area contributed by atoms with Gasteiger partial charge in [0, 0.05) is 18.5 Å². The second kappa shape index (κ2) is 6.39. The smallest absolute Gasteiger partial charge is 0.123 e. The molecule has 0 atom stereocenters. The Bertz CT molecular complexity index is 636. The van der Waals surface area contributed by atoms with Gasteiger partial charge in [-0.25, -0.2) is 0 Å². The molecular weight excluding hydrogens is 252 g/mol. The van der Waals surface area contributed by atoms with Crippen molar-refractivity contribution < 1.29 is 9.47 Å². The zero-order chi connectivity index (χ0) is 14.4. The van der Waals surface area contributed by atoms with E-state index in [1.807, 2.05) is 12.1 Å². The third-order valence-electron chi connectivity index (χ3n) is 2.80. The van der Waals surface area contributed by atoms with Crippen LogP contribution in [0.4, 0.5) is 0 Å². The molecule has 0 spiro atoms. The molecule has 100 valence electrons. The number of nitriles is 1. The van der Waals surface area contributed by atoms with Crippen LogP contribution in [0.1, 0.15) is 11.1 Å². The monoisotopic (exact) mass is 266 g/mol. The number of rotatable bonds is 4. The molecule has 4 nitrogen and oxygen atoms in total. The van der Waals surface area contributed by atoms with Gasteiger partial charge in [0.05, 0.1) is 25.9 Å². The van der Waals surface area contributed by atoms with Gasteiger partial charge in [0.15, 0.2) is 0 Å². The molecule has 2 aromatic rings. The number of hydrogen-bond acceptors (Lipinski definition) is 4. The van der Waals surface area contributed by atoms with Gasteiger partial charge in [0.1, 0.15) is 11.5 Å². The maximum Gasteiger partial charge on any atom is 0.123 e. The molecule has 0 aliphatic rings. The Morgan fingerprint density at radius 3 is 2.20 bits per heavy atom. The first-order chi connectivity index (χ1) is 9.76. The van der Waals surface area contributed by atoms with Crippen LogP contribution in [0.2, 0.25) is 0 Å². The van der Waals surface area contributed by atoms with Gasteiger partial charge in [0.25, 0.3) is 0 Å². The topological polar surface area (TPSA) is 55.1 Å². The van der Waals surface area contributed by atoms with E-state index < -0.39 is 0 Å². The van der Waals surface area contributed by atoms with Crippen molar-refractivity contribution in [3.63, 3.8) is 0 Å². The van der Waals surface area contributed by atoms with E-state index in [2.05, 4.69) is 11.1 Å². The number of benzene rings is 1. The fraction of sp³-hybridized carbons (Fsp3) is 0.125. The van der Waals surface area contributed by atoms with E-state index in [0.717, 1.165) is 11.1 Å². The summed E-state index contributed by atoms with van der Waals surface area (Å²) in [4.78, 5) is 3.95. The molecule has 0 saturated carbocycles. The van der Waals surface area contributed by atoms with Gasteiger partial charge in [-0.05, 0) is 41.5 Å². The molecule has 0 fully saturated rings. The highest BCUT2D eigenvalue weighted by molar-refractivity contribution is 5.89. The number of ether oxygens (including phenoxy) is 2. The quantitative estimate of drug-likeness (QED) is 0.798. The van der Waals surface area contributed by atoms with Gasteiger partial charge in [-0.3, -0.25) is 4.98 Å². The highest BCUT2D eigenvalue weighted by Gasteiger charge is 2.04. The maximum absolute atomic E-state index is 9.29. The molecule has 0 unspecified atom stereocenters. The average molecular weight is 266 g/mol. The van der Waals surface area contributed by atoms with Crippen LogP contribution in [0.15, 0.2) is 42.7 Å². The first-order valence-corrected chi connectivity index (χ1v) is 6.02. The van der Waals surface area contributed by atoms with E-state index in [9.17, 15) is 5.26 Å². The van der Waals surface area contributed by atoms with Crippen LogP contribution in [-0.2, 0) is 0 Å². The van der Waals surface area contributed by atoms with Crippen molar-refractivity contribution >= 4 is 11.6 Å². The number of aromatic nitrogens is 1. The molecule has 20 heavy (non-hydrogen) atoms. The van der Waals surface area contributed by atoms with Crippen molar-refractivity contribution in [1.82, 2.24) is 4.98 Å². The van der Waals surface area contributed by atoms with E-state index in [1.165, 1.54) is 0 Å². The van der Waals surface area contributed by atoms with Crippen molar-refractivity contribution in [3.05, 3.63) is 53.9 Å². The Balaban J connectivity index is 2.45. The molecule has 0 radical (unpaired) electrons. The third kappa shape index (κ3) is 3.15. The molecule has 2 rings (SSSR count). The highest BCUT2D eigenvalue weighted by atomic mass is 16.5. The van der Waals surface area contributed by atoms with E-state index in [0.29, 0.717) is 17.1 Å². The average Bonchev–Trinajstić information content (AvgIpc) is 2.53. The Hall–Kier alpha value is -2.80. The van der Waals surface area contributed by atoms with Crippen LogP contribution in [0.5, 0.6) is 11.5 Å². The van der Waals surface area contributed by atoms with Gasteiger partial charge in [-0.15, -0.1) is 0 Å². The minimum atomic E-state index is 0.558. The minimum absolute atomic E-state index is 0.558. The van der Waals surface area contributed by atoms with E-state index in [-0.39, 0.29) is 0 Å². The summed E-state index contributed by atoms with van der Waals surface area (Å²) in [5.74, 6) is 1.37. The molecule has 0 bridgehead atoms. The zero-order valence-corrected chi connectivity index (χ0v) is 11.3. The minimum Gasteiger partial charge on any atom is -0.497 e. The highest BCUT2D eigenvalue weighted by Crippen LogP contribution is 2.25. The number of pyridine rings is 1. The second-order valence-electron chi connectivity index (χ2n) is 4.05. The first-order valence-electron chi connectivity index (χ1n) is 6.02. The van der Waals surface area contributed by atoms with Crippen LogP contribution in [-0.4, -0.2) is 19.2 Å². The molecule has 0 saturated heterocycles. The molecule has 0 aliphatic heterocycles. The predicted molar refractivity (Wildman–Crippen MR) is 77.3 cm³/mol. The van der Waals surface area contributed by atoms with Crippen molar-refractivity contribution in [2.75, 3.05) is 14.2 Å². The summed E-state index contributed by atoms with van der Waals surface area (Å²) in [7, 11) is 3.19. The van der Waals surface area contributed by atoms with Gasteiger partial charge >= 0.3 is 0 Å². The fourth-order valence-corrected chi connectivity index (χ4v) is 1.79. The zero-order valence-electron chi connectivity index (χ0n) is 11.3. The van der Waals surface area contributed by atoms with Crippen molar-refractivity contribution in [3.8, 4) is 17.6 Å². The number of methoxy groups -OCH3 is 2. The Morgan fingerprint density at radius 2 is 1.70 bits per heavy atom. The van der Waals surface area contributed by atoms with E-state index >= 15 is 0 Å². The summed E-state index contributed by atoms with van der Waals surface area (Å²) in [5, 5.41) is 9.29. The summed E-state index contributed by atoms with van der Waals surface area (Å²) < 4.78 is 10.4. The predicted octanol–water partition coefficient (Wildman–Crippen LogP) is 3.16. The Morgan fingerprint density at radius 1 is 1.10 bits per heavy atom. The van der Waals surface area contributed by atoms with E-state index in [4.69, 9.17) is 9.47 Å². The van der Waals surface area contributed by atoms with Gasteiger partial charge in [-0.1, -0.05) is 0 Å². The summed E-state index contributed by atoms with van der Waals surface area (Å²) >= 11 is 0. The Labute approximate surface area is 117 Å². The van der Waals surface area contributed by atoms with Crippen LogP contribution in [0, 0.1) is 11.3 Å². The van der Waals surface area contributed by atoms with Crippen LogP contribution >= 0.6 is 0 Å². The molecule has 0 N–H and O–H groups in total. The largest absolute Gasteiger partial charge is 0.497 e. The van der Waals surface area contributed by atoms with Crippen LogP contribution in [0.25, 0.3) is 11.6 Å². The SMILES string of the molecule is COc1cc(/C=C(\C#N)c2ccncc2)cc(OC)c1. The molecule has 1 aromatic heterocycles. The molecule has 1 aromatic carbocycles. The second-order valence-corrected chi connectivity index (χ2v) is 4.05. The van der Waals surface area contributed by atoms with Crippen molar-refractivity contribution in [2.24, 2.45) is 0 Å². The lowest BCUT2D eigenvalue weighted by molar-refractivity contribution is 0.394. The van der Waals surface area contributed by atoms with Crippen molar-refractivity contribution in [1.29, 1.82) is 5.26 Å². The summed E-state index contributed by atoms with van der Waals surface area (Å²) in [6.07, 6.45) is 5.11. The maximum atomic E-state index is 9.29. The van der Waals surface area contributed by atoms with Gasteiger partial charge < -0.3 is 9.47 Å². The van der Waals surface area contributed by atoms with Crippen molar-refractivity contribution in [2.45, 2.75) is 0 Å². The lowest BCUT2D eigenvalue weighted by Gasteiger charge is -2.06. The third-order valence-corrected chi connectivity index (χ3v) is 2.80. The lowest BCUT2D eigenvalue weighted by Crippen LogP contribution is -1.89. The Kier molecular flexibility index (Phi) is 4.35. The van der Waals surface area contributed by atoms with Crippen LogP contribution in [0.3, 0.4) is 0 Å². The number of nitrogens with zero attached hydrogens (tertiary/aromatic N) is 2. The molecule has 1 heterocycles. The number of allylic oxidation sites excluding steroid dienone is 1. The standard InChI is InChI=1S/C16H14N2O2/c1-19-15-8-12(9-16(10-15)20-2)7-14(11-17)13-3-5-18-6-4-13/h3-10H,1-2H3/b14-7+. The summed E-state index contributed by atoms with van der Waals surface area (Å²) in [6.45, 7) is 0. The molecule has 0 amide bonds. The normalized spacial score (nSPS) is 10.8. The fourth-order valence-electron chi connectivity index (χ4n) is 1.79. The molecular formula is C16H14N2O2. The van der Waals surface area contributed by atoms with E-state index in [1.54, 1.807) is 50.9 Å². The first kappa shape index (κ1) is 13.6. The summed E-state index contributed by atoms with van der Waals surface area (Å²) in [6, 6.07) is 11.3. The van der Waals surface area contributed by atoms with Gasteiger partial charge in [0.2, 0.25) is 0 Å². The van der Waals surface area contributed by atoms with Gasteiger partial charge in [-0.2, -0.15) is 5.26 Å². The summed E-state index contributed by atoms with van der Waals surface area (Å²) in [5.41, 5.74) is 2.22.